The fourth-order valence-corrected chi connectivity index (χ4v) is 3.59. The number of halogens is 1. The van der Waals surface area contributed by atoms with Crippen molar-refractivity contribution in [1.29, 1.82) is 0 Å². The topological polar surface area (TPSA) is 51.2 Å². The van der Waals surface area contributed by atoms with E-state index >= 15 is 0 Å². The molecule has 1 atom stereocenters. The van der Waals surface area contributed by atoms with Crippen molar-refractivity contribution in [1.82, 2.24) is 4.98 Å². The molecule has 0 bridgehead atoms. The van der Waals surface area contributed by atoms with Gasteiger partial charge in [0.25, 0.3) is 0 Å². The molecule has 0 spiro atoms. The summed E-state index contributed by atoms with van der Waals surface area (Å²) in [6.45, 7) is 2.23. The molecule has 1 aliphatic carbocycles. The van der Waals surface area contributed by atoms with Crippen LogP contribution in [0.15, 0.2) is 24.3 Å². The van der Waals surface area contributed by atoms with Crippen molar-refractivity contribution in [3.8, 4) is 0 Å². The van der Waals surface area contributed by atoms with Crippen molar-refractivity contribution in [2.45, 2.75) is 25.7 Å². The van der Waals surface area contributed by atoms with Crippen molar-refractivity contribution >= 4 is 39.7 Å². The molecule has 2 aromatic rings. The highest BCUT2D eigenvalue weighted by atomic mass is 35.5. The van der Waals surface area contributed by atoms with Crippen LogP contribution in [0.1, 0.15) is 29.8 Å². The van der Waals surface area contributed by atoms with Crippen LogP contribution < -0.4 is 5.32 Å². The Hall–Kier alpha value is -1.59. The zero-order chi connectivity index (χ0) is 14.8. The van der Waals surface area contributed by atoms with E-state index < -0.39 is 0 Å². The molecule has 1 aliphatic rings. The van der Waals surface area contributed by atoms with Crippen LogP contribution >= 0.6 is 22.9 Å². The maximum absolute atomic E-state index is 11.9. The van der Waals surface area contributed by atoms with Crippen molar-refractivity contribution in [3.63, 3.8) is 0 Å². The maximum Gasteiger partial charge on any atom is 0.315 e. The van der Waals surface area contributed by atoms with Gasteiger partial charge in [-0.15, -0.1) is 11.3 Å². The van der Waals surface area contributed by atoms with E-state index in [9.17, 15) is 4.79 Å². The van der Waals surface area contributed by atoms with E-state index in [1.165, 1.54) is 4.88 Å². The first-order chi connectivity index (χ1) is 10.2. The molecule has 0 radical (unpaired) electrons. The first kappa shape index (κ1) is 14.4. The van der Waals surface area contributed by atoms with Gasteiger partial charge in [0, 0.05) is 15.6 Å². The molecule has 1 aromatic carbocycles. The van der Waals surface area contributed by atoms with Gasteiger partial charge in [-0.3, -0.25) is 4.79 Å². The summed E-state index contributed by atoms with van der Waals surface area (Å²) < 4.78 is 5.11. The fourth-order valence-electron chi connectivity index (χ4n) is 2.41. The zero-order valence-corrected chi connectivity index (χ0v) is 13.1. The first-order valence-electron chi connectivity index (χ1n) is 6.86. The Morgan fingerprint density at radius 1 is 1.48 bits per heavy atom. The molecular formula is C15H15ClN2O2S. The average Bonchev–Trinajstić information content (AvgIpc) is 3.01. The van der Waals surface area contributed by atoms with Gasteiger partial charge >= 0.3 is 5.97 Å². The number of carbonyl (C=O) groups is 1. The highest BCUT2D eigenvalue weighted by Gasteiger charge is 2.33. The fraction of sp³-hybridized carbons (Fsp3) is 0.333. The number of anilines is 2. The normalized spacial score (nSPS) is 16.6. The lowest BCUT2D eigenvalue weighted by molar-refractivity contribution is -0.145. The highest BCUT2D eigenvalue weighted by molar-refractivity contribution is 7.15. The van der Waals surface area contributed by atoms with E-state index in [1.807, 2.05) is 31.2 Å². The Kier molecular flexibility index (Phi) is 4.12. The van der Waals surface area contributed by atoms with Gasteiger partial charge in [0.1, 0.15) is 5.92 Å². The number of nitrogens with zero attached hydrogens (tertiary/aromatic N) is 1. The number of nitrogens with one attached hydrogen (secondary N) is 1. The molecule has 1 unspecified atom stereocenters. The lowest BCUT2D eigenvalue weighted by atomic mass is 10.1. The molecule has 1 heterocycles. The predicted molar refractivity (Wildman–Crippen MR) is 84.5 cm³/mol. The summed E-state index contributed by atoms with van der Waals surface area (Å²) in [5.74, 6) is -0.378. The largest absolute Gasteiger partial charge is 0.465 e. The Morgan fingerprint density at radius 2 is 2.24 bits per heavy atom. The molecule has 4 nitrogen and oxygen atoms in total. The second-order valence-electron chi connectivity index (χ2n) is 4.80. The third kappa shape index (κ3) is 3.04. The Bertz CT molecular complexity index is 654. The van der Waals surface area contributed by atoms with E-state index in [1.54, 1.807) is 11.3 Å². The maximum atomic E-state index is 11.9. The van der Waals surface area contributed by atoms with Gasteiger partial charge in [-0.25, -0.2) is 4.98 Å². The molecule has 1 aromatic heterocycles. The van der Waals surface area contributed by atoms with E-state index in [4.69, 9.17) is 16.3 Å². The van der Waals surface area contributed by atoms with Gasteiger partial charge in [0.2, 0.25) is 0 Å². The Balaban J connectivity index is 1.77. The van der Waals surface area contributed by atoms with E-state index in [2.05, 4.69) is 10.3 Å². The lowest BCUT2D eigenvalue weighted by Gasteiger charge is -2.08. The number of benzene rings is 1. The number of ether oxygens (including phenoxy) is 1. The minimum atomic E-state index is -0.211. The van der Waals surface area contributed by atoms with Gasteiger partial charge in [0.15, 0.2) is 5.13 Å². The minimum Gasteiger partial charge on any atom is -0.465 e. The molecule has 6 heteroatoms. The van der Waals surface area contributed by atoms with Crippen LogP contribution in [0, 0.1) is 0 Å². The smallest absolute Gasteiger partial charge is 0.315 e. The summed E-state index contributed by atoms with van der Waals surface area (Å²) in [5.41, 5.74) is 1.80. The molecule has 3 rings (SSSR count). The highest BCUT2D eigenvalue weighted by Crippen LogP contribution is 2.39. The number of aromatic nitrogens is 1. The van der Waals surface area contributed by atoms with Crippen LogP contribution in [-0.4, -0.2) is 17.6 Å². The van der Waals surface area contributed by atoms with Crippen molar-refractivity contribution < 1.29 is 9.53 Å². The third-order valence-corrected chi connectivity index (χ3v) is 4.68. The minimum absolute atomic E-state index is 0.167. The molecule has 110 valence electrons. The Labute approximate surface area is 132 Å². The number of aryl methyl sites for hydroxylation is 1. The number of carbonyl (C=O) groups excluding carboxylic acids is 1. The second-order valence-corrected chi connectivity index (χ2v) is 6.32. The van der Waals surface area contributed by atoms with Crippen LogP contribution in [0.3, 0.4) is 0 Å². The summed E-state index contributed by atoms with van der Waals surface area (Å²) in [6, 6.07) is 7.45. The summed E-state index contributed by atoms with van der Waals surface area (Å²) in [7, 11) is 0. The van der Waals surface area contributed by atoms with Crippen LogP contribution in [0.4, 0.5) is 10.8 Å². The molecule has 0 aliphatic heterocycles. The van der Waals surface area contributed by atoms with E-state index in [0.717, 1.165) is 29.4 Å². The van der Waals surface area contributed by atoms with Gasteiger partial charge < -0.3 is 10.1 Å². The standard InChI is InChI=1S/C15H15ClN2O2S/c1-2-20-14(19)11-7-8-12-13(11)18-15(21-12)17-10-5-3-9(16)4-6-10/h3-6,11H,2,7-8H2,1H3,(H,17,18). The number of rotatable bonds is 4. The quantitative estimate of drug-likeness (QED) is 0.860. The van der Waals surface area contributed by atoms with Crippen LogP contribution in [0.25, 0.3) is 0 Å². The predicted octanol–water partition coefficient (Wildman–Crippen LogP) is 4.13. The summed E-state index contributed by atoms with van der Waals surface area (Å²) in [5, 5.41) is 4.75. The number of thiazole rings is 1. The number of hydrogen-bond acceptors (Lipinski definition) is 5. The molecule has 0 amide bonds. The van der Waals surface area contributed by atoms with Crippen LogP contribution in [-0.2, 0) is 16.0 Å². The molecular weight excluding hydrogens is 308 g/mol. The zero-order valence-electron chi connectivity index (χ0n) is 11.6. The average molecular weight is 323 g/mol. The monoisotopic (exact) mass is 322 g/mol. The SMILES string of the molecule is CCOC(=O)C1CCc2sc(Nc3ccc(Cl)cc3)nc21. The van der Waals surface area contributed by atoms with Crippen molar-refractivity contribution in [3.05, 3.63) is 39.9 Å². The van der Waals surface area contributed by atoms with Crippen LogP contribution in [0.5, 0.6) is 0 Å². The van der Waals surface area contributed by atoms with Crippen molar-refractivity contribution in [2.24, 2.45) is 0 Å². The summed E-state index contributed by atoms with van der Waals surface area (Å²) in [4.78, 5) is 17.7. The lowest BCUT2D eigenvalue weighted by Crippen LogP contribution is -2.14. The van der Waals surface area contributed by atoms with Crippen molar-refractivity contribution in [2.75, 3.05) is 11.9 Å². The Morgan fingerprint density at radius 3 is 2.95 bits per heavy atom. The molecule has 0 fully saturated rings. The molecule has 0 saturated carbocycles. The van der Waals surface area contributed by atoms with Gasteiger partial charge in [-0.05, 0) is 44.0 Å². The number of hydrogen-bond donors (Lipinski definition) is 1. The van der Waals surface area contributed by atoms with Gasteiger partial charge in [-0.2, -0.15) is 0 Å². The molecule has 1 N–H and O–H groups in total. The number of esters is 1. The van der Waals surface area contributed by atoms with E-state index in [0.29, 0.717) is 11.6 Å². The number of fused-ring (bicyclic) bond motifs is 1. The van der Waals surface area contributed by atoms with Crippen LogP contribution in [0.2, 0.25) is 5.02 Å². The first-order valence-corrected chi connectivity index (χ1v) is 8.05. The third-order valence-electron chi connectivity index (χ3n) is 3.38. The second kappa shape index (κ2) is 6.03. The van der Waals surface area contributed by atoms with E-state index in [-0.39, 0.29) is 11.9 Å². The summed E-state index contributed by atoms with van der Waals surface area (Å²) in [6.07, 6.45) is 1.69. The van der Waals surface area contributed by atoms with Gasteiger partial charge in [-0.1, -0.05) is 11.6 Å². The van der Waals surface area contributed by atoms with Gasteiger partial charge in [0.05, 0.1) is 12.3 Å². The molecule has 21 heavy (non-hydrogen) atoms. The molecule has 0 saturated heterocycles. The summed E-state index contributed by atoms with van der Waals surface area (Å²) >= 11 is 7.46.